The quantitative estimate of drug-likeness (QED) is 0.399. The summed E-state index contributed by atoms with van der Waals surface area (Å²) in [5, 5.41) is 23.8. The van der Waals surface area contributed by atoms with Gasteiger partial charge >= 0.3 is 12.1 Å². The Morgan fingerprint density at radius 3 is 2.08 bits per heavy atom. The van der Waals surface area contributed by atoms with Crippen LogP contribution in [0.15, 0.2) is 42.5 Å². The van der Waals surface area contributed by atoms with E-state index in [4.69, 9.17) is 18.9 Å². The van der Waals surface area contributed by atoms with Gasteiger partial charge in [0.25, 0.3) is 0 Å². The Kier molecular flexibility index (Phi) is 10.4. The molecule has 0 unspecified atom stereocenters. The summed E-state index contributed by atoms with van der Waals surface area (Å²) in [6, 6.07) is 12.0. The summed E-state index contributed by atoms with van der Waals surface area (Å²) < 4.78 is 21.5. The Balaban J connectivity index is 2.28. The molecule has 0 saturated heterocycles. The number of aliphatic hydroxyl groups excluding tert-OH is 1. The lowest BCUT2D eigenvalue weighted by molar-refractivity contribution is -0.143. The predicted octanol–water partition coefficient (Wildman–Crippen LogP) is 3.84. The van der Waals surface area contributed by atoms with E-state index >= 15 is 0 Å². The van der Waals surface area contributed by atoms with E-state index in [0.717, 1.165) is 5.56 Å². The molecule has 1 amide bonds. The van der Waals surface area contributed by atoms with Crippen molar-refractivity contribution in [3.63, 3.8) is 0 Å². The summed E-state index contributed by atoms with van der Waals surface area (Å²) in [6.07, 6.45) is -1.59. The second-order valence-electron chi connectivity index (χ2n) is 9.48. The van der Waals surface area contributed by atoms with E-state index in [1.54, 1.807) is 32.9 Å². The van der Waals surface area contributed by atoms with Gasteiger partial charge in [0, 0.05) is 0 Å². The molecule has 3 N–H and O–H groups in total. The van der Waals surface area contributed by atoms with Gasteiger partial charge in [-0.15, -0.1) is 0 Å². The SMILES string of the molecule is COc1ccc(C[C@H](C[C@H](O)[C@H](Cc2ccccc2)NC(=O)OC(C)(C)C)C(=O)O)c(OC)c1OC. The van der Waals surface area contributed by atoms with E-state index in [-0.39, 0.29) is 12.8 Å². The van der Waals surface area contributed by atoms with Gasteiger partial charge in [-0.2, -0.15) is 0 Å². The third-order valence-corrected chi connectivity index (χ3v) is 5.59. The molecule has 0 aromatic heterocycles. The first-order valence-corrected chi connectivity index (χ1v) is 11.7. The summed E-state index contributed by atoms with van der Waals surface area (Å²) in [4.78, 5) is 24.7. The number of carboxylic acid groups (broad SMARTS) is 1. The maximum Gasteiger partial charge on any atom is 0.407 e. The number of aliphatic hydroxyl groups is 1. The Labute approximate surface area is 212 Å². The molecule has 9 heteroatoms. The fraction of sp³-hybridized carbons (Fsp3) is 0.481. The summed E-state index contributed by atoms with van der Waals surface area (Å²) in [5.41, 5.74) is 0.750. The molecule has 0 radical (unpaired) electrons. The van der Waals surface area contributed by atoms with Crippen LogP contribution in [0.2, 0.25) is 0 Å². The van der Waals surface area contributed by atoms with Crippen molar-refractivity contribution < 1.29 is 38.7 Å². The van der Waals surface area contributed by atoms with Gasteiger partial charge in [-0.25, -0.2) is 4.79 Å². The second kappa shape index (κ2) is 13.0. The van der Waals surface area contributed by atoms with Crippen LogP contribution in [0.1, 0.15) is 38.3 Å². The number of carbonyl (C=O) groups is 2. The molecule has 3 atom stereocenters. The second-order valence-corrected chi connectivity index (χ2v) is 9.48. The Morgan fingerprint density at radius 1 is 0.917 bits per heavy atom. The zero-order valence-electron chi connectivity index (χ0n) is 21.7. The van der Waals surface area contributed by atoms with Crippen LogP contribution in [0.4, 0.5) is 4.79 Å². The highest BCUT2D eigenvalue weighted by Crippen LogP contribution is 2.41. The molecule has 0 bridgehead atoms. The minimum Gasteiger partial charge on any atom is -0.493 e. The predicted molar refractivity (Wildman–Crippen MR) is 135 cm³/mol. The van der Waals surface area contributed by atoms with Gasteiger partial charge in [0.1, 0.15) is 5.60 Å². The molecule has 0 spiro atoms. The number of alkyl carbamates (subject to hydrolysis) is 1. The summed E-state index contributed by atoms with van der Waals surface area (Å²) >= 11 is 0. The number of carbonyl (C=O) groups excluding carboxylic acids is 1. The number of aliphatic carboxylic acids is 1. The van der Waals surface area contributed by atoms with E-state index in [2.05, 4.69) is 5.32 Å². The Hall–Kier alpha value is -3.46. The van der Waals surface area contributed by atoms with Gasteiger partial charge in [-0.1, -0.05) is 36.4 Å². The molecule has 0 aliphatic heterocycles. The van der Waals surface area contributed by atoms with Gasteiger partial charge in [0.15, 0.2) is 11.5 Å². The smallest absolute Gasteiger partial charge is 0.407 e. The zero-order valence-corrected chi connectivity index (χ0v) is 21.7. The van der Waals surface area contributed by atoms with Crippen molar-refractivity contribution in [1.29, 1.82) is 0 Å². The fourth-order valence-electron chi connectivity index (χ4n) is 3.93. The lowest BCUT2D eigenvalue weighted by Crippen LogP contribution is -2.47. The minimum absolute atomic E-state index is 0.0699. The highest BCUT2D eigenvalue weighted by Gasteiger charge is 2.31. The number of benzene rings is 2. The third-order valence-electron chi connectivity index (χ3n) is 5.59. The van der Waals surface area contributed by atoms with Gasteiger partial charge < -0.3 is 34.5 Å². The number of ether oxygens (including phenoxy) is 4. The van der Waals surface area contributed by atoms with E-state index in [0.29, 0.717) is 29.2 Å². The number of carboxylic acids is 1. The average molecular weight is 504 g/mol. The molecule has 2 rings (SSSR count). The van der Waals surface area contributed by atoms with Gasteiger partial charge in [-0.3, -0.25) is 4.79 Å². The van der Waals surface area contributed by atoms with Gasteiger partial charge in [0.05, 0.1) is 39.4 Å². The van der Waals surface area contributed by atoms with Crippen LogP contribution in [0, 0.1) is 5.92 Å². The van der Waals surface area contributed by atoms with Crippen molar-refractivity contribution in [3.8, 4) is 17.2 Å². The number of rotatable bonds is 12. The van der Waals surface area contributed by atoms with E-state index in [9.17, 15) is 19.8 Å². The van der Waals surface area contributed by atoms with Crippen molar-refractivity contribution in [3.05, 3.63) is 53.6 Å². The number of hydrogen-bond donors (Lipinski definition) is 3. The summed E-state index contributed by atoms with van der Waals surface area (Å²) in [7, 11) is 4.43. The van der Waals surface area contributed by atoms with Crippen molar-refractivity contribution in [2.45, 2.75) is 57.8 Å². The lowest BCUT2D eigenvalue weighted by atomic mass is 9.89. The van der Waals surface area contributed by atoms with Crippen LogP contribution < -0.4 is 19.5 Å². The number of nitrogens with one attached hydrogen (secondary N) is 1. The first-order valence-electron chi connectivity index (χ1n) is 11.7. The average Bonchev–Trinajstić information content (AvgIpc) is 2.81. The van der Waals surface area contributed by atoms with E-state index in [1.165, 1.54) is 21.3 Å². The van der Waals surface area contributed by atoms with E-state index in [1.807, 2.05) is 30.3 Å². The Morgan fingerprint density at radius 2 is 1.56 bits per heavy atom. The molecule has 0 aliphatic rings. The molecule has 2 aromatic rings. The highest BCUT2D eigenvalue weighted by atomic mass is 16.6. The normalized spacial score (nSPS) is 13.8. The van der Waals surface area contributed by atoms with Gasteiger partial charge in [-0.05, 0) is 57.2 Å². The van der Waals surface area contributed by atoms with E-state index < -0.39 is 35.7 Å². The molecule has 0 saturated carbocycles. The monoisotopic (exact) mass is 503 g/mol. The van der Waals surface area contributed by atoms with Crippen LogP contribution in [-0.4, -0.2) is 61.4 Å². The zero-order chi connectivity index (χ0) is 26.9. The number of methoxy groups -OCH3 is 3. The molecule has 0 aliphatic carbocycles. The maximum absolute atomic E-state index is 12.5. The first-order chi connectivity index (χ1) is 17.0. The van der Waals surface area contributed by atoms with Crippen LogP contribution in [0.25, 0.3) is 0 Å². The molecule has 2 aromatic carbocycles. The first kappa shape index (κ1) is 28.8. The van der Waals surface area contributed by atoms with Crippen molar-refractivity contribution in [2.75, 3.05) is 21.3 Å². The highest BCUT2D eigenvalue weighted by molar-refractivity contribution is 5.71. The van der Waals surface area contributed by atoms with Crippen LogP contribution in [-0.2, 0) is 22.4 Å². The van der Waals surface area contributed by atoms with Gasteiger partial charge in [0.2, 0.25) is 5.75 Å². The summed E-state index contributed by atoms with van der Waals surface area (Å²) in [6.45, 7) is 5.23. The largest absolute Gasteiger partial charge is 0.493 e. The van der Waals surface area contributed by atoms with Crippen molar-refractivity contribution in [1.82, 2.24) is 5.32 Å². The molecule has 36 heavy (non-hydrogen) atoms. The van der Waals surface area contributed by atoms with Crippen LogP contribution in [0.3, 0.4) is 0 Å². The third kappa shape index (κ3) is 8.34. The topological polar surface area (TPSA) is 124 Å². The molecule has 9 nitrogen and oxygen atoms in total. The van der Waals surface area contributed by atoms with Crippen molar-refractivity contribution in [2.24, 2.45) is 5.92 Å². The molecular weight excluding hydrogens is 466 g/mol. The number of hydrogen-bond acceptors (Lipinski definition) is 7. The van der Waals surface area contributed by atoms with Crippen LogP contribution >= 0.6 is 0 Å². The molecule has 0 heterocycles. The maximum atomic E-state index is 12.5. The van der Waals surface area contributed by atoms with Crippen molar-refractivity contribution >= 4 is 12.1 Å². The number of amides is 1. The summed E-state index contributed by atoms with van der Waals surface area (Å²) in [5.74, 6) is -0.872. The standard InChI is InChI=1S/C27H37NO8/c1-27(2,3)36-26(32)28-20(14-17-10-8-7-9-11-17)21(29)16-19(25(30)31)15-18-12-13-22(33-4)24(35-6)23(18)34-5/h7-13,19-21,29H,14-16H2,1-6H3,(H,28,32)(H,30,31)/t19-,20+,21+/m1/s1. The molecule has 0 fully saturated rings. The van der Waals surface area contributed by atoms with Crippen LogP contribution in [0.5, 0.6) is 17.2 Å². The Bertz CT molecular complexity index is 1000. The lowest BCUT2D eigenvalue weighted by Gasteiger charge is -2.28. The minimum atomic E-state index is -1.16. The fourth-order valence-corrected chi connectivity index (χ4v) is 3.93. The molecule has 198 valence electrons. The molecular formula is C27H37NO8.